The van der Waals surface area contributed by atoms with Crippen LogP contribution in [0.1, 0.15) is 48.9 Å². The molecule has 0 atom stereocenters. The predicted molar refractivity (Wildman–Crippen MR) is 144 cm³/mol. The van der Waals surface area contributed by atoms with E-state index < -0.39 is 15.9 Å². The van der Waals surface area contributed by atoms with Crippen molar-refractivity contribution in [1.29, 1.82) is 0 Å². The molecular formula is C30H30N2O4S. The molecule has 0 spiro atoms. The number of para-hydroxylation sites is 1. The number of carbonyl (C=O) groups excluding carboxylic acids is 1. The van der Waals surface area contributed by atoms with Gasteiger partial charge >= 0.3 is 0 Å². The largest absolute Gasteiger partial charge is 0.487 e. The van der Waals surface area contributed by atoms with E-state index in [0.717, 1.165) is 59.2 Å². The molecule has 1 aliphatic carbocycles. The van der Waals surface area contributed by atoms with E-state index in [1.54, 1.807) is 12.1 Å². The van der Waals surface area contributed by atoms with Gasteiger partial charge in [0.25, 0.3) is 10.0 Å². The Morgan fingerprint density at radius 3 is 2.35 bits per heavy atom. The molecule has 1 N–H and O–H groups in total. The van der Waals surface area contributed by atoms with Gasteiger partial charge in [0.2, 0.25) is 5.91 Å². The third-order valence-electron chi connectivity index (χ3n) is 7.15. The van der Waals surface area contributed by atoms with Gasteiger partial charge in [0, 0.05) is 17.2 Å². The first kappa shape index (κ1) is 25.0. The maximum atomic E-state index is 12.9. The molecule has 1 amide bonds. The summed E-state index contributed by atoms with van der Waals surface area (Å²) in [6.07, 6.45) is 3.81. The summed E-state index contributed by atoms with van der Waals surface area (Å²) < 4.78 is 33.7. The molecule has 0 unspecified atom stereocenters. The number of hydrogen-bond donors (Lipinski definition) is 1. The van der Waals surface area contributed by atoms with Gasteiger partial charge in [-0.1, -0.05) is 66.9 Å². The van der Waals surface area contributed by atoms with Crippen LogP contribution in [0.25, 0.3) is 10.9 Å². The van der Waals surface area contributed by atoms with Crippen LogP contribution in [0.2, 0.25) is 0 Å². The molecule has 5 rings (SSSR count). The lowest BCUT2D eigenvalue weighted by atomic mass is 9.76. The van der Waals surface area contributed by atoms with E-state index in [1.165, 1.54) is 12.1 Å². The predicted octanol–water partition coefficient (Wildman–Crippen LogP) is 5.83. The van der Waals surface area contributed by atoms with Crippen LogP contribution in [0.15, 0.2) is 89.8 Å². The number of nitrogens with one attached hydrogen (secondary N) is 1. The fraction of sp³-hybridized carbons (Fsp3) is 0.267. The van der Waals surface area contributed by atoms with Crippen molar-refractivity contribution in [3.8, 4) is 5.75 Å². The van der Waals surface area contributed by atoms with E-state index in [0.29, 0.717) is 6.61 Å². The highest BCUT2D eigenvalue weighted by Gasteiger charge is 2.38. The first-order valence-corrected chi connectivity index (χ1v) is 14.0. The first-order valence-electron chi connectivity index (χ1n) is 12.5. The van der Waals surface area contributed by atoms with Crippen LogP contribution in [-0.2, 0) is 26.8 Å². The van der Waals surface area contributed by atoms with Crippen LogP contribution in [0.3, 0.4) is 0 Å². The molecule has 7 heteroatoms. The molecule has 3 aromatic carbocycles. The minimum atomic E-state index is -3.91. The Kier molecular flexibility index (Phi) is 6.98. The Bertz CT molecular complexity index is 1510. The second-order valence-electron chi connectivity index (χ2n) is 9.81. The molecule has 1 heterocycles. The van der Waals surface area contributed by atoms with Crippen LogP contribution >= 0.6 is 0 Å². The maximum Gasteiger partial charge on any atom is 0.264 e. The van der Waals surface area contributed by atoms with Gasteiger partial charge in [-0.15, -0.1) is 0 Å². The van der Waals surface area contributed by atoms with Crippen LogP contribution in [-0.4, -0.2) is 19.3 Å². The number of aromatic nitrogens is 1. The second kappa shape index (κ2) is 10.3. The van der Waals surface area contributed by atoms with Gasteiger partial charge in [-0.2, -0.15) is 0 Å². The number of hydrogen-bond acceptors (Lipinski definition) is 5. The lowest BCUT2D eigenvalue weighted by Crippen LogP contribution is -2.36. The fourth-order valence-electron chi connectivity index (χ4n) is 5.14. The van der Waals surface area contributed by atoms with E-state index in [9.17, 15) is 13.2 Å². The number of nitrogens with zero attached hydrogens (tertiary/aromatic N) is 1. The van der Waals surface area contributed by atoms with Gasteiger partial charge in [-0.05, 0) is 61.7 Å². The molecule has 1 aromatic heterocycles. The summed E-state index contributed by atoms with van der Waals surface area (Å²) in [5.41, 5.74) is 3.39. The lowest BCUT2D eigenvalue weighted by molar-refractivity contribution is -0.120. The van der Waals surface area contributed by atoms with Crippen LogP contribution in [0.5, 0.6) is 5.75 Å². The third-order valence-corrected chi connectivity index (χ3v) is 8.54. The van der Waals surface area contributed by atoms with Gasteiger partial charge in [-0.3, -0.25) is 4.79 Å². The number of amides is 1. The van der Waals surface area contributed by atoms with Crippen molar-refractivity contribution in [2.24, 2.45) is 0 Å². The monoisotopic (exact) mass is 514 g/mol. The van der Waals surface area contributed by atoms with Crippen molar-refractivity contribution < 1.29 is 17.9 Å². The zero-order valence-electron chi connectivity index (χ0n) is 20.8. The number of pyridine rings is 1. The van der Waals surface area contributed by atoms with Crippen molar-refractivity contribution in [1.82, 2.24) is 9.71 Å². The molecule has 0 radical (unpaired) electrons. The number of aryl methyl sites for hydroxylation is 1. The van der Waals surface area contributed by atoms with Gasteiger partial charge in [0.1, 0.15) is 12.4 Å². The number of carbonyl (C=O) groups is 1. The SMILES string of the molecule is Cc1ccc(S(=O)(=O)NC(=O)CC2(c3ccc(OCc4ccc5ccccc5n4)cc3)CCCC2)cc1. The molecule has 190 valence electrons. The fourth-order valence-corrected chi connectivity index (χ4v) is 6.12. The third kappa shape index (κ3) is 5.67. The van der Waals surface area contributed by atoms with Crippen molar-refractivity contribution >= 4 is 26.8 Å². The Hall–Kier alpha value is -3.71. The Balaban J connectivity index is 1.26. The summed E-state index contributed by atoms with van der Waals surface area (Å²) in [5, 5.41) is 1.09. The molecule has 1 saturated carbocycles. The number of rotatable bonds is 8. The Labute approximate surface area is 217 Å². The summed E-state index contributed by atoms with van der Waals surface area (Å²) in [6.45, 7) is 2.24. The van der Waals surface area contributed by atoms with E-state index in [1.807, 2.05) is 67.6 Å². The van der Waals surface area contributed by atoms with Crippen LogP contribution in [0.4, 0.5) is 0 Å². The molecule has 1 aliphatic rings. The van der Waals surface area contributed by atoms with Crippen LogP contribution < -0.4 is 9.46 Å². The molecule has 37 heavy (non-hydrogen) atoms. The van der Waals surface area contributed by atoms with Crippen LogP contribution in [0, 0.1) is 6.92 Å². The summed E-state index contributed by atoms with van der Waals surface area (Å²) in [5.74, 6) is 0.239. The molecule has 6 nitrogen and oxygen atoms in total. The summed E-state index contributed by atoms with van der Waals surface area (Å²) >= 11 is 0. The number of sulfonamides is 1. The summed E-state index contributed by atoms with van der Waals surface area (Å²) in [6, 6.07) is 26.3. The maximum absolute atomic E-state index is 12.9. The van der Waals surface area contributed by atoms with Gasteiger partial charge < -0.3 is 4.74 Å². The van der Waals surface area contributed by atoms with Crippen molar-refractivity contribution in [2.45, 2.75) is 55.9 Å². The van der Waals surface area contributed by atoms with E-state index in [-0.39, 0.29) is 16.7 Å². The zero-order chi connectivity index (χ0) is 25.9. The Morgan fingerprint density at radius 1 is 0.919 bits per heavy atom. The number of fused-ring (bicyclic) bond motifs is 1. The molecule has 0 aliphatic heterocycles. The molecule has 4 aromatic rings. The van der Waals surface area contributed by atoms with Gasteiger partial charge in [-0.25, -0.2) is 18.1 Å². The van der Waals surface area contributed by atoms with Crippen molar-refractivity contribution in [2.75, 3.05) is 0 Å². The Morgan fingerprint density at radius 2 is 1.62 bits per heavy atom. The summed E-state index contributed by atoms with van der Waals surface area (Å²) in [4.78, 5) is 17.7. The topological polar surface area (TPSA) is 85.4 Å². The second-order valence-corrected chi connectivity index (χ2v) is 11.5. The lowest BCUT2D eigenvalue weighted by Gasteiger charge is -2.29. The first-order chi connectivity index (χ1) is 17.8. The molecule has 0 saturated heterocycles. The normalized spacial score (nSPS) is 14.9. The number of ether oxygens (including phenoxy) is 1. The van der Waals surface area contributed by atoms with Crippen molar-refractivity contribution in [3.63, 3.8) is 0 Å². The average Bonchev–Trinajstić information content (AvgIpc) is 3.37. The zero-order valence-corrected chi connectivity index (χ0v) is 21.6. The molecule has 0 bridgehead atoms. The van der Waals surface area contributed by atoms with Gasteiger partial charge in [0.05, 0.1) is 16.1 Å². The standard InChI is InChI=1S/C30H30N2O4S/c1-22-8-16-27(17-9-22)37(34,35)32-29(33)20-30(18-4-5-19-30)24-11-14-26(15-12-24)36-21-25-13-10-23-6-2-3-7-28(23)31-25/h2-3,6-17H,4-5,18-21H2,1H3,(H,32,33). The minimum Gasteiger partial charge on any atom is -0.487 e. The van der Waals surface area contributed by atoms with E-state index in [4.69, 9.17) is 4.74 Å². The molecular weight excluding hydrogens is 484 g/mol. The van der Waals surface area contributed by atoms with E-state index in [2.05, 4.69) is 9.71 Å². The highest BCUT2D eigenvalue weighted by molar-refractivity contribution is 7.90. The average molecular weight is 515 g/mol. The van der Waals surface area contributed by atoms with E-state index >= 15 is 0 Å². The smallest absolute Gasteiger partial charge is 0.264 e. The minimum absolute atomic E-state index is 0.0920. The van der Waals surface area contributed by atoms with Crippen molar-refractivity contribution in [3.05, 3.63) is 102 Å². The molecule has 1 fully saturated rings. The number of benzene rings is 3. The summed E-state index contributed by atoms with van der Waals surface area (Å²) in [7, 11) is -3.91. The van der Waals surface area contributed by atoms with Gasteiger partial charge in [0.15, 0.2) is 0 Å². The quantitative estimate of drug-likeness (QED) is 0.320. The highest BCUT2D eigenvalue weighted by atomic mass is 32.2. The highest BCUT2D eigenvalue weighted by Crippen LogP contribution is 2.44.